The Balaban J connectivity index is 2.82. The van der Waals surface area contributed by atoms with E-state index in [1.165, 1.54) is 0 Å². The molecule has 0 aromatic rings. The Morgan fingerprint density at radius 3 is 2.40 bits per heavy atom. The minimum atomic E-state index is -1.68. The second kappa shape index (κ2) is 4.73. The van der Waals surface area contributed by atoms with E-state index < -0.39 is 36.7 Å². The SMILES string of the molecule is CCCC1(O)O[C@H](CO)[C@@H](O)[C@H](O)[C@H]1N. The van der Waals surface area contributed by atoms with E-state index in [2.05, 4.69) is 0 Å². The fraction of sp³-hybridized carbons (Fsp3) is 1.00. The van der Waals surface area contributed by atoms with E-state index in [-0.39, 0.29) is 6.42 Å². The largest absolute Gasteiger partial charge is 0.394 e. The Bertz CT molecular complexity index is 213. The molecule has 5 atom stereocenters. The maximum atomic E-state index is 10.0. The summed E-state index contributed by atoms with van der Waals surface area (Å²) in [5.74, 6) is -1.68. The predicted molar refractivity (Wildman–Crippen MR) is 51.8 cm³/mol. The van der Waals surface area contributed by atoms with Crippen molar-refractivity contribution in [3.8, 4) is 0 Å². The average molecular weight is 221 g/mol. The first-order valence-electron chi connectivity index (χ1n) is 5.09. The molecule has 6 N–H and O–H groups in total. The van der Waals surface area contributed by atoms with Crippen molar-refractivity contribution >= 4 is 0 Å². The number of aliphatic hydroxyl groups excluding tert-OH is 3. The first kappa shape index (κ1) is 12.8. The zero-order chi connectivity index (χ0) is 11.6. The summed E-state index contributed by atoms with van der Waals surface area (Å²) in [4.78, 5) is 0. The van der Waals surface area contributed by atoms with Crippen LogP contribution >= 0.6 is 0 Å². The van der Waals surface area contributed by atoms with E-state index in [9.17, 15) is 15.3 Å². The second-order valence-electron chi connectivity index (χ2n) is 3.94. The summed E-state index contributed by atoms with van der Waals surface area (Å²) in [6.45, 7) is 1.36. The zero-order valence-electron chi connectivity index (χ0n) is 8.71. The molecule has 0 bridgehead atoms. The first-order valence-corrected chi connectivity index (χ1v) is 5.09. The molecule has 1 unspecified atom stereocenters. The average Bonchev–Trinajstić information content (AvgIpc) is 2.21. The van der Waals surface area contributed by atoms with Crippen LogP contribution in [-0.4, -0.2) is 57.2 Å². The van der Waals surface area contributed by atoms with Gasteiger partial charge in [0, 0.05) is 6.42 Å². The molecule has 1 aliphatic rings. The maximum absolute atomic E-state index is 10.0. The highest BCUT2D eigenvalue weighted by Crippen LogP contribution is 2.30. The van der Waals surface area contributed by atoms with Crippen LogP contribution in [0.3, 0.4) is 0 Å². The minimum absolute atomic E-state index is 0.244. The molecule has 6 heteroatoms. The fourth-order valence-electron chi connectivity index (χ4n) is 1.84. The molecule has 0 saturated carbocycles. The highest BCUT2D eigenvalue weighted by Gasteiger charge is 2.50. The van der Waals surface area contributed by atoms with Gasteiger partial charge in [0.05, 0.1) is 12.6 Å². The number of hydrogen-bond acceptors (Lipinski definition) is 6. The third-order valence-corrected chi connectivity index (χ3v) is 2.76. The third kappa shape index (κ3) is 2.30. The quantitative estimate of drug-likeness (QED) is 0.373. The Morgan fingerprint density at radius 2 is 1.93 bits per heavy atom. The number of aliphatic hydroxyl groups is 4. The van der Waals surface area contributed by atoms with Crippen LogP contribution in [0.1, 0.15) is 19.8 Å². The van der Waals surface area contributed by atoms with Gasteiger partial charge in [0.15, 0.2) is 5.79 Å². The van der Waals surface area contributed by atoms with Gasteiger partial charge in [0.2, 0.25) is 0 Å². The van der Waals surface area contributed by atoms with E-state index in [0.717, 1.165) is 0 Å². The number of hydrogen-bond donors (Lipinski definition) is 5. The Kier molecular flexibility index (Phi) is 4.05. The summed E-state index contributed by atoms with van der Waals surface area (Å²) >= 11 is 0. The van der Waals surface area contributed by atoms with Gasteiger partial charge in [-0.3, -0.25) is 0 Å². The van der Waals surface area contributed by atoms with E-state index in [1.54, 1.807) is 0 Å². The molecule has 1 rings (SSSR count). The molecule has 0 radical (unpaired) electrons. The number of nitrogens with two attached hydrogens (primary N) is 1. The highest BCUT2D eigenvalue weighted by molar-refractivity contribution is 4.98. The summed E-state index contributed by atoms with van der Waals surface area (Å²) in [6, 6.07) is -1.07. The molecule has 1 fully saturated rings. The van der Waals surface area contributed by atoms with E-state index in [4.69, 9.17) is 15.6 Å². The molecule has 0 aliphatic carbocycles. The smallest absolute Gasteiger partial charge is 0.184 e. The van der Waals surface area contributed by atoms with Gasteiger partial charge in [-0.15, -0.1) is 0 Å². The van der Waals surface area contributed by atoms with Crippen LogP contribution < -0.4 is 5.73 Å². The molecule has 90 valence electrons. The normalized spacial score (nSPS) is 46.8. The Labute approximate surface area is 88.3 Å². The molecule has 15 heavy (non-hydrogen) atoms. The summed E-state index contributed by atoms with van der Waals surface area (Å²) in [7, 11) is 0. The second-order valence-corrected chi connectivity index (χ2v) is 3.94. The zero-order valence-corrected chi connectivity index (χ0v) is 8.71. The lowest BCUT2D eigenvalue weighted by Gasteiger charge is -2.46. The van der Waals surface area contributed by atoms with E-state index in [1.807, 2.05) is 6.92 Å². The van der Waals surface area contributed by atoms with Crippen LogP contribution in [0.4, 0.5) is 0 Å². The van der Waals surface area contributed by atoms with Crippen LogP contribution in [0.15, 0.2) is 0 Å². The van der Waals surface area contributed by atoms with Crippen LogP contribution in [-0.2, 0) is 4.74 Å². The molecule has 0 aromatic carbocycles. The number of ether oxygens (including phenoxy) is 1. The predicted octanol–water partition coefficient (Wildman–Crippen LogP) is -2.08. The lowest BCUT2D eigenvalue weighted by atomic mass is 9.88. The van der Waals surface area contributed by atoms with Crippen molar-refractivity contribution in [1.82, 2.24) is 0 Å². The van der Waals surface area contributed by atoms with Crippen molar-refractivity contribution in [2.24, 2.45) is 5.73 Å². The topological polar surface area (TPSA) is 116 Å². The van der Waals surface area contributed by atoms with Crippen molar-refractivity contribution in [3.05, 3.63) is 0 Å². The van der Waals surface area contributed by atoms with Gasteiger partial charge in [-0.2, -0.15) is 0 Å². The Morgan fingerprint density at radius 1 is 1.33 bits per heavy atom. The molecule has 0 aromatic heterocycles. The maximum Gasteiger partial charge on any atom is 0.184 e. The third-order valence-electron chi connectivity index (χ3n) is 2.76. The summed E-state index contributed by atoms with van der Waals surface area (Å²) < 4.78 is 5.13. The molecule has 1 heterocycles. The monoisotopic (exact) mass is 221 g/mol. The van der Waals surface area contributed by atoms with E-state index in [0.29, 0.717) is 6.42 Å². The molecule has 6 nitrogen and oxygen atoms in total. The Hall–Kier alpha value is -0.240. The van der Waals surface area contributed by atoms with Crippen LogP contribution in [0.25, 0.3) is 0 Å². The standard InChI is InChI=1S/C9H19NO5/c1-2-3-9(14)8(10)7(13)6(12)5(4-11)15-9/h5-8,11-14H,2-4,10H2,1H3/t5-,6-,7+,8-,9?/m1/s1. The van der Waals surface area contributed by atoms with Crippen molar-refractivity contribution in [3.63, 3.8) is 0 Å². The van der Waals surface area contributed by atoms with Crippen molar-refractivity contribution < 1.29 is 25.2 Å². The van der Waals surface area contributed by atoms with Crippen LogP contribution in [0.5, 0.6) is 0 Å². The van der Waals surface area contributed by atoms with Crippen LogP contribution in [0.2, 0.25) is 0 Å². The van der Waals surface area contributed by atoms with Crippen molar-refractivity contribution in [2.45, 2.75) is 49.9 Å². The lowest BCUT2D eigenvalue weighted by Crippen LogP contribution is -2.68. The van der Waals surface area contributed by atoms with Gasteiger partial charge in [-0.05, 0) is 0 Å². The summed E-state index contributed by atoms with van der Waals surface area (Å²) in [5, 5.41) is 38.0. The number of rotatable bonds is 3. The molecular weight excluding hydrogens is 202 g/mol. The van der Waals surface area contributed by atoms with Gasteiger partial charge in [0.25, 0.3) is 0 Å². The van der Waals surface area contributed by atoms with Crippen molar-refractivity contribution in [1.29, 1.82) is 0 Å². The van der Waals surface area contributed by atoms with Gasteiger partial charge < -0.3 is 30.9 Å². The van der Waals surface area contributed by atoms with Crippen LogP contribution in [0, 0.1) is 0 Å². The fourth-order valence-corrected chi connectivity index (χ4v) is 1.84. The van der Waals surface area contributed by atoms with Gasteiger partial charge in [-0.25, -0.2) is 0 Å². The van der Waals surface area contributed by atoms with E-state index >= 15 is 0 Å². The molecule has 1 aliphatic heterocycles. The highest BCUT2D eigenvalue weighted by atomic mass is 16.6. The minimum Gasteiger partial charge on any atom is -0.394 e. The molecule has 0 amide bonds. The lowest BCUT2D eigenvalue weighted by molar-refractivity contribution is -0.316. The van der Waals surface area contributed by atoms with Gasteiger partial charge >= 0.3 is 0 Å². The first-order chi connectivity index (χ1) is 6.96. The van der Waals surface area contributed by atoms with Crippen molar-refractivity contribution in [2.75, 3.05) is 6.61 Å². The summed E-state index contributed by atoms with van der Waals surface area (Å²) in [6.07, 6.45) is -2.72. The molecular formula is C9H19NO5. The molecule has 0 spiro atoms. The van der Waals surface area contributed by atoms with Gasteiger partial charge in [-0.1, -0.05) is 13.3 Å². The molecule has 1 saturated heterocycles. The summed E-state index contributed by atoms with van der Waals surface area (Å²) in [5.41, 5.74) is 5.58. The van der Waals surface area contributed by atoms with Gasteiger partial charge in [0.1, 0.15) is 18.3 Å².